The number of amides is 3. The lowest BCUT2D eigenvalue weighted by Crippen LogP contribution is -2.63. The fourth-order valence-corrected chi connectivity index (χ4v) is 2.40. The topological polar surface area (TPSA) is 65.0 Å². The van der Waals surface area contributed by atoms with E-state index in [0.29, 0.717) is 11.3 Å². The maximum Gasteiger partial charge on any atom is 0.325 e. The van der Waals surface area contributed by atoms with Crippen molar-refractivity contribution in [1.29, 1.82) is 0 Å². The van der Waals surface area contributed by atoms with Gasteiger partial charge in [0.15, 0.2) is 17.0 Å². The molecular weight excluding hydrogens is 276 g/mol. The van der Waals surface area contributed by atoms with Crippen LogP contribution in [0.4, 0.5) is 4.79 Å². The molecule has 0 saturated carbocycles. The number of carbonyl (C=O) groups is 2. The Kier molecular flexibility index (Phi) is 2.71. The Morgan fingerprint density at radius 2 is 2.31 bits per heavy atom. The molecule has 0 aromatic rings. The predicted molar refractivity (Wildman–Crippen MR) is 62.1 cm³/mol. The number of halogens is 1. The summed E-state index contributed by atoms with van der Waals surface area (Å²) in [5, 5.41) is 2.29. The highest BCUT2D eigenvalue weighted by atomic mass is 79.9. The van der Waals surface area contributed by atoms with Gasteiger partial charge in [-0.15, -0.1) is 6.58 Å². The van der Waals surface area contributed by atoms with Crippen molar-refractivity contribution in [1.82, 2.24) is 15.1 Å². The number of urea groups is 1. The number of likely N-dealkylation sites (N-methyl/N-ethyl adjacent to an activating group) is 1. The third-order valence-electron chi connectivity index (χ3n) is 2.64. The summed E-state index contributed by atoms with van der Waals surface area (Å²) in [6.07, 6.45) is 1.22. The van der Waals surface area contributed by atoms with Gasteiger partial charge in [-0.2, -0.15) is 0 Å². The van der Waals surface area contributed by atoms with Crippen molar-refractivity contribution in [2.75, 3.05) is 13.6 Å². The van der Waals surface area contributed by atoms with Crippen LogP contribution >= 0.6 is 15.9 Å². The van der Waals surface area contributed by atoms with Gasteiger partial charge in [0.25, 0.3) is 5.91 Å². The number of hydrogen-bond donors (Lipinski definition) is 1. The molecule has 2 heterocycles. The van der Waals surface area contributed by atoms with Crippen molar-refractivity contribution >= 4 is 32.6 Å². The molecular formula is C9H11BrN4O2. The average molecular weight is 287 g/mol. The molecule has 0 bridgehead atoms. The van der Waals surface area contributed by atoms with Gasteiger partial charge in [0, 0.05) is 13.6 Å². The molecule has 2 aliphatic heterocycles. The summed E-state index contributed by atoms with van der Waals surface area (Å²) in [6, 6.07) is -0.897. The minimum atomic E-state index is -0.477. The van der Waals surface area contributed by atoms with Crippen molar-refractivity contribution in [2.24, 2.45) is 4.99 Å². The van der Waals surface area contributed by atoms with Crippen LogP contribution in [0, 0.1) is 0 Å². The second-order valence-electron chi connectivity index (χ2n) is 3.60. The fraction of sp³-hybridized carbons (Fsp3) is 0.444. The molecule has 2 rings (SSSR count). The molecule has 1 fully saturated rings. The molecule has 1 N–H and O–H groups in total. The highest BCUT2D eigenvalue weighted by Gasteiger charge is 2.47. The SMILES string of the molecule is C=CCN1C(Br)=NC2C1C(=O)NC(=O)N2C. The number of carbonyl (C=O) groups excluding carboxylic acids is 2. The zero-order chi connectivity index (χ0) is 11.9. The summed E-state index contributed by atoms with van der Waals surface area (Å²) in [4.78, 5) is 30.5. The molecule has 86 valence electrons. The third-order valence-corrected chi connectivity index (χ3v) is 3.30. The van der Waals surface area contributed by atoms with E-state index in [-0.39, 0.29) is 5.91 Å². The van der Waals surface area contributed by atoms with E-state index in [2.05, 4.69) is 32.8 Å². The standard InChI is InChI=1S/C9H11BrN4O2/c1-3-4-14-5-6(11-8(14)10)13(2)9(16)12-7(5)15/h3,5-6H,1,4H2,2H3,(H,12,15,16). The highest BCUT2D eigenvalue weighted by Crippen LogP contribution is 2.25. The van der Waals surface area contributed by atoms with Crippen molar-refractivity contribution in [3.63, 3.8) is 0 Å². The van der Waals surface area contributed by atoms with Gasteiger partial charge in [0.05, 0.1) is 0 Å². The van der Waals surface area contributed by atoms with E-state index in [1.54, 1.807) is 18.0 Å². The van der Waals surface area contributed by atoms with Crippen LogP contribution in [0.15, 0.2) is 17.6 Å². The first-order chi connectivity index (χ1) is 7.56. The molecule has 0 aromatic heterocycles. The van der Waals surface area contributed by atoms with Gasteiger partial charge in [0.1, 0.15) is 0 Å². The molecule has 0 aliphatic carbocycles. The lowest BCUT2D eigenvalue weighted by atomic mass is 10.1. The number of fused-ring (bicyclic) bond motifs is 1. The molecule has 6 nitrogen and oxygen atoms in total. The van der Waals surface area contributed by atoms with E-state index in [1.807, 2.05) is 0 Å². The van der Waals surface area contributed by atoms with Gasteiger partial charge in [-0.05, 0) is 15.9 Å². The van der Waals surface area contributed by atoms with Crippen LogP contribution in [0.1, 0.15) is 0 Å². The molecule has 2 unspecified atom stereocenters. The Labute approximate surface area is 101 Å². The van der Waals surface area contributed by atoms with Gasteiger partial charge >= 0.3 is 6.03 Å². The maximum atomic E-state index is 11.7. The minimum absolute atomic E-state index is 0.326. The predicted octanol–water partition coefficient (Wildman–Crippen LogP) is 0.115. The van der Waals surface area contributed by atoms with Crippen LogP contribution < -0.4 is 5.32 Å². The maximum absolute atomic E-state index is 11.7. The van der Waals surface area contributed by atoms with Crippen LogP contribution in [0.25, 0.3) is 0 Å². The first-order valence-electron chi connectivity index (χ1n) is 4.74. The van der Waals surface area contributed by atoms with E-state index < -0.39 is 18.2 Å². The van der Waals surface area contributed by atoms with Crippen LogP contribution in [-0.2, 0) is 4.79 Å². The lowest BCUT2D eigenvalue weighted by Gasteiger charge is -2.35. The zero-order valence-electron chi connectivity index (χ0n) is 8.68. The number of amidine groups is 1. The summed E-state index contributed by atoms with van der Waals surface area (Å²) < 4.78 is 0.569. The lowest BCUT2D eigenvalue weighted by molar-refractivity contribution is -0.126. The molecule has 0 radical (unpaired) electrons. The van der Waals surface area contributed by atoms with Crippen LogP contribution in [-0.4, -0.2) is 52.3 Å². The second kappa shape index (κ2) is 3.89. The largest absolute Gasteiger partial charge is 0.332 e. The Hall–Kier alpha value is -1.37. The van der Waals surface area contributed by atoms with Gasteiger partial charge in [-0.3, -0.25) is 10.1 Å². The number of hydrogen-bond acceptors (Lipinski definition) is 4. The normalized spacial score (nSPS) is 28.8. The van der Waals surface area contributed by atoms with Crippen LogP contribution in [0.5, 0.6) is 0 Å². The summed E-state index contributed by atoms with van der Waals surface area (Å²) in [7, 11) is 1.61. The molecule has 3 amide bonds. The average Bonchev–Trinajstić information content (AvgIpc) is 2.54. The van der Waals surface area contributed by atoms with Gasteiger partial charge in [-0.25, -0.2) is 9.79 Å². The minimum Gasteiger partial charge on any atom is -0.332 e. The number of nitrogens with one attached hydrogen (secondary N) is 1. The van der Waals surface area contributed by atoms with Gasteiger partial charge in [-0.1, -0.05) is 6.08 Å². The number of rotatable bonds is 2. The van der Waals surface area contributed by atoms with Gasteiger partial charge < -0.3 is 9.80 Å². The second-order valence-corrected chi connectivity index (χ2v) is 4.31. The Morgan fingerprint density at radius 3 is 2.94 bits per heavy atom. The van der Waals surface area contributed by atoms with Crippen molar-refractivity contribution in [3.05, 3.63) is 12.7 Å². The molecule has 7 heteroatoms. The first-order valence-corrected chi connectivity index (χ1v) is 5.54. The fourth-order valence-electron chi connectivity index (χ4n) is 1.82. The Balaban J connectivity index is 2.31. The zero-order valence-corrected chi connectivity index (χ0v) is 10.3. The third kappa shape index (κ3) is 1.51. The van der Waals surface area contributed by atoms with E-state index in [4.69, 9.17) is 0 Å². The smallest absolute Gasteiger partial charge is 0.325 e. The van der Waals surface area contributed by atoms with Crippen molar-refractivity contribution < 1.29 is 9.59 Å². The Bertz CT molecular complexity index is 395. The molecule has 1 saturated heterocycles. The monoisotopic (exact) mass is 286 g/mol. The van der Waals surface area contributed by atoms with E-state index in [0.717, 1.165) is 0 Å². The van der Waals surface area contributed by atoms with Crippen molar-refractivity contribution in [2.45, 2.75) is 12.2 Å². The van der Waals surface area contributed by atoms with Crippen LogP contribution in [0.3, 0.4) is 0 Å². The molecule has 2 atom stereocenters. The van der Waals surface area contributed by atoms with E-state index >= 15 is 0 Å². The van der Waals surface area contributed by atoms with Crippen LogP contribution in [0.2, 0.25) is 0 Å². The summed E-state index contributed by atoms with van der Waals surface area (Å²) in [5.41, 5.74) is 0. The number of nitrogens with zero attached hydrogens (tertiary/aromatic N) is 3. The van der Waals surface area contributed by atoms with Gasteiger partial charge in [0.2, 0.25) is 0 Å². The van der Waals surface area contributed by atoms with Crippen molar-refractivity contribution in [3.8, 4) is 0 Å². The van der Waals surface area contributed by atoms with E-state index in [9.17, 15) is 9.59 Å². The van der Waals surface area contributed by atoms with E-state index in [1.165, 1.54) is 4.90 Å². The number of aliphatic imine (C=N–C) groups is 1. The molecule has 0 aromatic carbocycles. The summed E-state index contributed by atoms with van der Waals surface area (Å²) >= 11 is 3.28. The molecule has 2 aliphatic rings. The molecule has 16 heavy (non-hydrogen) atoms. The highest BCUT2D eigenvalue weighted by molar-refractivity contribution is 9.18. The number of imide groups is 1. The summed E-state index contributed by atoms with van der Waals surface area (Å²) in [5.74, 6) is -0.326. The Morgan fingerprint density at radius 1 is 1.62 bits per heavy atom. The molecule has 0 spiro atoms. The first kappa shape index (κ1) is 11.1. The quantitative estimate of drug-likeness (QED) is 0.579. The summed E-state index contributed by atoms with van der Waals surface area (Å²) in [6.45, 7) is 4.13.